The maximum absolute atomic E-state index is 5.74. The Kier molecular flexibility index (Phi) is 4.86. The zero-order chi connectivity index (χ0) is 11.2. The predicted molar refractivity (Wildman–Crippen MR) is 68.9 cm³/mol. The molecule has 92 valence electrons. The van der Waals surface area contributed by atoms with Gasteiger partial charge in [0.25, 0.3) is 0 Å². The van der Waals surface area contributed by atoms with Gasteiger partial charge in [-0.25, -0.2) is 0 Å². The summed E-state index contributed by atoms with van der Waals surface area (Å²) >= 11 is 0. The maximum atomic E-state index is 5.74. The highest BCUT2D eigenvalue weighted by atomic mass is 15.2. The Morgan fingerprint density at radius 3 is 2.62 bits per heavy atom. The number of hydrogen-bond acceptors (Lipinski definition) is 2. The number of hydrogen-bond donors (Lipinski definition) is 2. The zero-order valence-electron chi connectivity index (χ0n) is 10.4. The van der Waals surface area contributed by atoms with Crippen molar-refractivity contribution in [1.29, 1.82) is 0 Å². The van der Waals surface area contributed by atoms with Crippen molar-refractivity contribution < 1.29 is 0 Å². The van der Waals surface area contributed by atoms with E-state index in [1.807, 2.05) is 0 Å². The van der Waals surface area contributed by atoms with Crippen LogP contribution in [0.15, 0.2) is 11.6 Å². The van der Waals surface area contributed by atoms with Gasteiger partial charge in [-0.2, -0.15) is 0 Å². The van der Waals surface area contributed by atoms with E-state index in [9.17, 15) is 0 Å². The summed E-state index contributed by atoms with van der Waals surface area (Å²) in [5, 5.41) is 0. The van der Waals surface area contributed by atoms with Gasteiger partial charge in [0, 0.05) is 6.04 Å². The van der Waals surface area contributed by atoms with Crippen molar-refractivity contribution in [1.82, 2.24) is 5.43 Å². The van der Waals surface area contributed by atoms with Crippen molar-refractivity contribution in [3.63, 3.8) is 0 Å². The Morgan fingerprint density at radius 2 is 2.00 bits per heavy atom. The minimum Gasteiger partial charge on any atom is -0.271 e. The molecule has 2 heteroatoms. The van der Waals surface area contributed by atoms with Crippen LogP contribution in [0.25, 0.3) is 0 Å². The van der Waals surface area contributed by atoms with Crippen LogP contribution in [-0.2, 0) is 0 Å². The molecule has 0 radical (unpaired) electrons. The monoisotopic (exact) mass is 222 g/mol. The van der Waals surface area contributed by atoms with Gasteiger partial charge in [0.05, 0.1) is 0 Å². The van der Waals surface area contributed by atoms with Crippen LogP contribution >= 0.6 is 0 Å². The van der Waals surface area contributed by atoms with E-state index in [-0.39, 0.29) is 0 Å². The molecule has 0 spiro atoms. The Bertz CT molecular complexity index is 229. The lowest BCUT2D eigenvalue weighted by Gasteiger charge is -2.31. The third-order valence-electron chi connectivity index (χ3n) is 4.30. The van der Waals surface area contributed by atoms with Gasteiger partial charge in [0.15, 0.2) is 0 Å². The highest BCUT2D eigenvalue weighted by Gasteiger charge is 2.23. The van der Waals surface area contributed by atoms with E-state index in [0.717, 1.165) is 5.92 Å². The van der Waals surface area contributed by atoms with Gasteiger partial charge in [-0.05, 0) is 50.9 Å². The van der Waals surface area contributed by atoms with Gasteiger partial charge >= 0.3 is 0 Å². The number of hydrazine groups is 1. The van der Waals surface area contributed by atoms with Gasteiger partial charge in [0.2, 0.25) is 0 Å². The van der Waals surface area contributed by atoms with E-state index >= 15 is 0 Å². The van der Waals surface area contributed by atoms with Crippen LogP contribution < -0.4 is 11.3 Å². The molecule has 1 fully saturated rings. The predicted octanol–water partition coefficient (Wildman–Crippen LogP) is 3.29. The van der Waals surface area contributed by atoms with E-state index in [1.54, 1.807) is 5.57 Å². The maximum Gasteiger partial charge on any atom is 0.0275 e. The highest BCUT2D eigenvalue weighted by molar-refractivity contribution is 5.07. The number of nitrogens with two attached hydrogens (primary N) is 1. The molecule has 0 saturated heterocycles. The first-order chi connectivity index (χ1) is 7.90. The Labute approximate surface area is 99.6 Å². The molecule has 2 nitrogen and oxygen atoms in total. The van der Waals surface area contributed by atoms with Gasteiger partial charge in [-0.1, -0.05) is 30.9 Å². The van der Waals surface area contributed by atoms with Crippen LogP contribution in [0.5, 0.6) is 0 Å². The van der Waals surface area contributed by atoms with Crippen LogP contribution in [-0.4, -0.2) is 6.04 Å². The standard InChI is InChI=1S/C14H26N2/c15-16-14(13-9-5-2-6-10-13)11-12-7-3-1-4-8-12/h7,13-14,16H,1-6,8-11,15H2. The third-order valence-corrected chi connectivity index (χ3v) is 4.30. The van der Waals surface area contributed by atoms with Crippen LogP contribution in [0, 0.1) is 5.92 Å². The first kappa shape index (κ1) is 12.1. The van der Waals surface area contributed by atoms with Gasteiger partial charge < -0.3 is 0 Å². The molecular formula is C14H26N2. The Balaban J connectivity index is 1.86. The SMILES string of the molecule is NNC(CC1=CCCCC1)C1CCCCC1. The highest BCUT2D eigenvalue weighted by Crippen LogP contribution is 2.30. The summed E-state index contributed by atoms with van der Waals surface area (Å²) in [5.74, 6) is 6.56. The van der Waals surface area contributed by atoms with E-state index in [2.05, 4.69) is 11.5 Å². The summed E-state index contributed by atoms with van der Waals surface area (Å²) in [6.07, 6.45) is 16.0. The zero-order valence-corrected chi connectivity index (χ0v) is 10.4. The number of rotatable bonds is 4. The smallest absolute Gasteiger partial charge is 0.0275 e. The lowest BCUT2D eigenvalue weighted by atomic mass is 9.80. The summed E-state index contributed by atoms with van der Waals surface area (Å²) in [6, 6.07) is 0.532. The molecular weight excluding hydrogens is 196 g/mol. The van der Waals surface area contributed by atoms with Crippen LogP contribution in [0.4, 0.5) is 0 Å². The summed E-state index contributed by atoms with van der Waals surface area (Å²) in [7, 11) is 0. The molecule has 0 aliphatic heterocycles. The lowest BCUT2D eigenvalue weighted by Crippen LogP contribution is -2.42. The molecule has 0 aromatic rings. The fraction of sp³-hybridized carbons (Fsp3) is 0.857. The molecule has 0 bridgehead atoms. The topological polar surface area (TPSA) is 38.0 Å². The van der Waals surface area contributed by atoms with E-state index < -0.39 is 0 Å². The van der Waals surface area contributed by atoms with Crippen LogP contribution in [0.2, 0.25) is 0 Å². The molecule has 2 aliphatic carbocycles. The van der Waals surface area contributed by atoms with Crippen molar-refractivity contribution in [2.24, 2.45) is 11.8 Å². The quantitative estimate of drug-likeness (QED) is 0.435. The van der Waals surface area contributed by atoms with Gasteiger partial charge in [-0.15, -0.1) is 0 Å². The molecule has 0 aromatic heterocycles. The summed E-state index contributed by atoms with van der Waals surface area (Å²) in [5.41, 5.74) is 4.73. The Morgan fingerprint density at radius 1 is 1.19 bits per heavy atom. The van der Waals surface area contributed by atoms with Gasteiger partial charge in [-0.3, -0.25) is 11.3 Å². The lowest BCUT2D eigenvalue weighted by molar-refractivity contribution is 0.266. The average Bonchev–Trinajstić information content (AvgIpc) is 2.38. The molecule has 0 amide bonds. The van der Waals surface area contributed by atoms with Crippen molar-refractivity contribution in [2.45, 2.75) is 70.3 Å². The molecule has 3 N–H and O–H groups in total. The van der Waals surface area contributed by atoms with Gasteiger partial charge in [0.1, 0.15) is 0 Å². The minimum atomic E-state index is 0.532. The summed E-state index contributed by atoms with van der Waals surface area (Å²) in [4.78, 5) is 0. The molecule has 0 heterocycles. The molecule has 1 saturated carbocycles. The summed E-state index contributed by atoms with van der Waals surface area (Å²) in [6.45, 7) is 0. The Hall–Kier alpha value is -0.340. The third kappa shape index (κ3) is 3.33. The molecule has 1 unspecified atom stereocenters. The first-order valence-electron chi connectivity index (χ1n) is 7.04. The normalized spacial score (nSPS) is 25.2. The van der Waals surface area contributed by atoms with Crippen molar-refractivity contribution >= 4 is 0 Å². The molecule has 16 heavy (non-hydrogen) atoms. The fourth-order valence-electron chi connectivity index (χ4n) is 3.27. The largest absolute Gasteiger partial charge is 0.271 e. The van der Waals surface area contributed by atoms with Crippen molar-refractivity contribution in [3.05, 3.63) is 11.6 Å². The van der Waals surface area contributed by atoms with Crippen LogP contribution in [0.1, 0.15) is 64.2 Å². The second-order valence-corrected chi connectivity index (χ2v) is 5.48. The second-order valence-electron chi connectivity index (χ2n) is 5.48. The minimum absolute atomic E-state index is 0.532. The average molecular weight is 222 g/mol. The summed E-state index contributed by atoms with van der Waals surface area (Å²) < 4.78 is 0. The van der Waals surface area contributed by atoms with E-state index in [1.165, 1.54) is 64.2 Å². The molecule has 0 aromatic carbocycles. The molecule has 2 aliphatic rings. The van der Waals surface area contributed by atoms with E-state index in [4.69, 9.17) is 5.84 Å². The molecule has 2 rings (SSSR count). The molecule has 1 atom stereocenters. The fourth-order valence-corrected chi connectivity index (χ4v) is 3.27. The van der Waals surface area contributed by atoms with Crippen LogP contribution in [0.3, 0.4) is 0 Å². The van der Waals surface area contributed by atoms with E-state index in [0.29, 0.717) is 6.04 Å². The van der Waals surface area contributed by atoms with Crippen molar-refractivity contribution in [3.8, 4) is 0 Å². The van der Waals surface area contributed by atoms with Crippen molar-refractivity contribution in [2.75, 3.05) is 0 Å². The second kappa shape index (κ2) is 6.41. The first-order valence-corrected chi connectivity index (χ1v) is 7.04. The number of nitrogens with one attached hydrogen (secondary N) is 1. The number of allylic oxidation sites excluding steroid dienone is 1.